The van der Waals surface area contributed by atoms with E-state index in [9.17, 15) is 0 Å². The topological polar surface area (TPSA) is 6.48 Å². The van der Waals surface area contributed by atoms with Crippen LogP contribution in [0.15, 0.2) is 182 Å². The lowest BCUT2D eigenvalue weighted by atomic mass is 9.33. The Morgan fingerprint density at radius 3 is 1.28 bits per heavy atom. The van der Waals surface area contributed by atoms with Crippen molar-refractivity contribution in [1.82, 2.24) is 0 Å². The zero-order valence-corrected chi connectivity index (χ0v) is 35.8. The van der Waals surface area contributed by atoms with Crippen LogP contribution in [0.3, 0.4) is 0 Å². The Hall–Kier alpha value is -6.58. The van der Waals surface area contributed by atoms with Crippen molar-refractivity contribution in [3.63, 3.8) is 0 Å². The van der Waals surface area contributed by atoms with Gasteiger partial charge in [0.25, 0.3) is 6.71 Å². The summed E-state index contributed by atoms with van der Waals surface area (Å²) < 4.78 is 0. The van der Waals surface area contributed by atoms with Gasteiger partial charge in [0.05, 0.1) is 11.4 Å². The second-order valence-corrected chi connectivity index (χ2v) is 18.7. The lowest BCUT2D eigenvalue weighted by Crippen LogP contribution is -2.61. The maximum atomic E-state index is 2.61. The minimum absolute atomic E-state index is 0.00483. The van der Waals surface area contributed by atoms with Crippen LogP contribution in [0.5, 0.6) is 0 Å². The first-order chi connectivity index (χ1) is 29.0. The van der Waals surface area contributed by atoms with E-state index < -0.39 is 0 Å². The molecular formula is C57H51BN2. The number of anilines is 6. The Labute approximate surface area is 356 Å². The van der Waals surface area contributed by atoms with Crippen molar-refractivity contribution in [3.8, 4) is 33.4 Å². The van der Waals surface area contributed by atoms with E-state index in [4.69, 9.17) is 0 Å². The molecule has 0 N–H and O–H groups in total. The van der Waals surface area contributed by atoms with E-state index in [0.29, 0.717) is 0 Å². The van der Waals surface area contributed by atoms with Crippen molar-refractivity contribution in [2.24, 2.45) is 0 Å². The number of fused-ring (bicyclic) bond motifs is 4. The molecule has 2 aliphatic heterocycles. The average molecular weight is 775 g/mol. The monoisotopic (exact) mass is 774 g/mol. The first-order valence-corrected chi connectivity index (χ1v) is 21.4. The van der Waals surface area contributed by atoms with Crippen LogP contribution in [0.1, 0.15) is 58.2 Å². The van der Waals surface area contributed by atoms with Crippen LogP contribution in [-0.2, 0) is 10.8 Å². The normalized spacial score (nSPS) is 13.2. The predicted molar refractivity (Wildman–Crippen MR) is 259 cm³/mol. The molecule has 0 fully saturated rings. The van der Waals surface area contributed by atoms with Crippen molar-refractivity contribution in [2.45, 2.75) is 59.3 Å². The Bertz CT molecular complexity index is 2840. The van der Waals surface area contributed by atoms with Gasteiger partial charge < -0.3 is 9.80 Å². The molecule has 0 aliphatic carbocycles. The summed E-state index contributed by atoms with van der Waals surface area (Å²) in [5.41, 5.74) is 22.3. The Balaban J connectivity index is 1.33. The van der Waals surface area contributed by atoms with E-state index in [2.05, 4.69) is 240 Å². The third-order valence-corrected chi connectivity index (χ3v) is 12.6. The molecule has 292 valence electrons. The number of aryl methyl sites for hydroxylation is 1. The number of hydrogen-bond acceptors (Lipinski definition) is 2. The van der Waals surface area contributed by atoms with Gasteiger partial charge in [-0.1, -0.05) is 175 Å². The molecule has 2 aliphatic rings. The SMILES string of the molecule is Cc1cc2c3c(c1)N(c1c(-c4ccccc4)cc(C(C)(C)C)cc1-c1ccccc1)c1ccccc1B3c1ccccc1N2c1ccc(C(C)(C)C)cc1-c1ccccc1. The van der Waals surface area contributed by atoms with Gasteiger partial charge in [-0.25, -0.2) is 0 Å². The van der Waals surface area contributed by atoms with E-state index in [1.807, 2.05) is 0 Å². The van der Waals surface area contributed by atoms with Crippen LogP contribution >= 0.6 is 0 Å². The maximum absolute atomic E-state index is 2.61. The smallest absolute Gasteiger partial charge is 0.252 e. The number of benzene rings is 8. The van der Waals surface area contributed by atoms with Gasteiger partial charge in [-0.15, -0.1) is 0 Å². The molecule has 2 nitrogen and oxygen atoms in total. The van der Waals surface area contributed by atoms with Crippen molar-refractivity contribution in [1.29, 1.82) is 0 Å². The molecule has 0 saturated heterocycles. The summed E-state index contributed by atoms with van der Waals surface area (Å²) in [5, 5.41) is 0. The number of hydrogen-bond donors (Lipinski definition) is 0. The molecule has 0 aromatic heterocycles. The quantitative estimate of drug-likeness (QED) is 0.161. The fourth-order valence-electron chi connectivity index (χ4n) is 9.56. The van der Waals surface area contributed by atoms with Crippen LogP contribution in [-0.4, -0.2) is 6.71 Å². The van der Waals surface area contributed by atoms with Gasteiger partial charge in [0.1, 0.15) is 0 Å². The molecular weight excluding hydrogens is 723 g/mol. The molecule has 10 rings (SSSR count). The fraction of sp³-hybridized carbons (Fsp3) is 0.158. The van der Waals surface area contributed by atoms with Crippen molar-refractivity contribution in [2.75, 3.05) is 9.80 Å². The van der Waals surface area contributed by atoms with Gasteiger partial charge in [0.15, 0.2) is 0 Å². The van der Waals surface area contributed by atoms with E-state index >= 15 is 0 Å². The van der Waals surface area contributed by atoms with E-state index in [1.54, 1.807) is 0 Å². The minimum atomic E-state index is -0.0673. The van der Waals surface area contributed by atoms with Crippen LogP contribution in [0.2, 0.25) is 0 Å². The summed E-state index contributed by atoms with van der Waals surface area (Å²) in [6.07, 6.45) is 0. The Morgan fingerprint density at radius 1 is 0.367 bits per heavy atom. The summed E-state index contributed by atoms with van der Waals surface area (Å²) in [6.45, 7) is 16.2. The van der Waals surface area contributed by atoms with E-state index in [-0.39, 0.29) is 17.5 Å². The number of para-hydroxylation sites is 2. The van der Waals surface area contributed by atoms with E-state index in [0.717, 1.165) is 0 Å². The maximum Gasteiger partial charge on any atom is 0.252 e. The standard InChI is InChI=1S/C57H51BN2/c1-38-33-52-54-53(34-38)60(55-45(40-23-13-9-14-24-40)36-43(57(5,6)7)37-46(55)41-25-15-10-16-26-41)51-30-20-18-28-48(51)58(54)47-27-17-19-29-50(47)59(52)49-32-31-42(56(2,3)4)35-44(49)39-21-11-8-12-22-39/h8-37H,1-7H3. The van der Waals surface area contributed by atoms with Crippen LogP contribution in [0.4, 0.5) is 34.1 Å². The molecule has 8 aromatic carbocycles. The minimum Gasteiger partial charge on any atom is -0.311 e. The van der Waals surface area contributed by atoms with Crippen molar-refractivity contribution >= 4 is 57.2 Å². The second kappa shape index (κ2) is 14.3. The van der Waals surface area contributed by atoms with Gasteiger partial charge in [-0.05, 0) is 116 Å². The highest BCUT2D eigenvalue weighted by atomic mass is 15.2. The highest BCUT2D eigenvalue weighted by molar-refractivity contribution is 7.00. The fourth-order valence-corrected chi connectivity index (χ4v) is 9.56. The third-order valence-electron chi connectivity index (χ3n) is 12.6. The lowest BCUT2D eigenvalue weighted by Gasteiger charge is -2.45. The van der Waals surface area contributed by atoms with Crippen LogP contribution < -0.4 is 26.2 Å². The summed E-state index contributed by atoms with van der Waals surface area (Å²) >= 11 is 0. The van der Waals surface area contributed by atoms with Gasteiger partial charge in [-0.2, -0.15) is 0 Å². The van der Waals surface area contributed by atoms with Gasteiger partial charge in [0.2, 0.25) is 0 Å². The molecule has 60 heavy (non-hydrogen) atoms. The molecule has 8 aromatic rings. The summed E-state index contributed by atoms with van der Waals surface area (Å²) in [5.74, 6) is 0. The predicted octanol–water partition coefficient (Wildman–Crippen LogP) is 13.7. The molecule has 0 spiro atoms. The van der Waals surface area contributed by atoms with Crippen molar-refractivity contribution < 1.29 is 0 Å². The average Bonchev–Trinajstić information content (AvgIpc) is 3.26. The van der Waals surface area contributed by atoms with Gasteiger partial charge in [0, 0.05) is 39.4 Å². The summed E-state index contributed by atoms with van der Waals surface area (Å²) in [7, 11) is 0. The first-order valence-electron chi connectivity index (χ1n) is 21.4. The molecule has 3 heteroatoms. The highest BCUT2D eigenvalue weighted by Gasteiger charge is 2.44. The molecule has 0 unspecified atom stereocenters. The number of rotatable bonds is 5. The van der Waals surface area contributed by atoms with Gasteiger partial charge in [-0.3, -0.25) is 0 Å². The molecule has 2 heterocycles. The zero-order valence-electron chi connectivity index (χ0n) is 35.8. The largest absolute Gasteiger partial charge is 0.311 e. The Kier molecular flexibility index (Phi) is 8.99. The Morgan fingerprint density at radius 2 is 0.783 bits per heavy atom. The summed E-state index contributed by atoms with van der Waals surface area (Å²) in [4.78, 5) is 5.18. The molecule has 0 radical (unpaired) electrons. The molecule has 0 saturated carbocycles. The summed E-state index contributed by atoms with van der Waals surface area (Å²) in [6, 6.07) is 68.1. The number of nitrogens with zero attached hydrogens (tertiary/aromatic N) is 2. The molecule has 0 amide bonds. The van der Waals surface area contributed by atoms with Crippen LogP contribution in [0.25, 0.3) is 33.4 Å². The van der Waals surface area contributed by atoms with Gasteiger partial charge >= 0.3 is 0 Å². The third kappa shape index (κ3) is 6.27. The highest BCUT2D eigenvalue weighted by Crippen LogP contribution is 2.52. The first kappa shape index (κ1) is 37.7. The van der Waals surface area contributed by atoms with E-state index in [1.165, 1.54) is 101 Å². The zero-order chi connectivity index (χ0) is 41.3. The lowest BCUT2D eigenvalue weighted by molar-refractivity contribution is 0.590. The van der Waals surface area contributed by atoms with Crippen molar-refractivity contribution in [3.05, 3.63) is 199 Å². The second-order valence-electron chi connectivity index (χ2n) is 18.7. The molecule has 0 atom stereocenters. The molecule has 0 bridgehead atoms. The van der Waals surface area contributed by atoms with Crippen LogP contribution in [0, 0.1) is 6.92 Å².